The molecule has 2 aliphatic heterocycles. The van der Waals surface area contributed by atoms with E-state index < -0.39 is 12.1 Å². The largest absolute Gasteiger partial charge is 0.497 e. The molecule has 4 atom stereocenters. The summed E-state index contributed by atoms with van der Waals surface area (Å²) in [4.78, 5) is 33.3. The van der Waals surface area contributed by atoms with Crippen molar-refractivity contribution in [3.8, 4) is 11.6 Å². The maximum Gasteiger partial charge on any atom is 0.243 e. The minimum atomic E-state index is -0.551. The molecule has 2 saturated heterocycles. The van der Waals surface area contributed by atoms with E-state index in [0.29, 0.717) is 32.5 Å². The second-order valence-electron chi connectivity index (χ2n) is 11.5. The lowest BCUT2D eigenvalue weighted by atomic mass is 9.96. The van der Waals surface area contributed by atoms with Crippen LogP contribution in [-0.4, -0.2) is 80.6 Å². The third-order valence-corrected chi connectivity index (χ3v) is 8.83. The molecule has 6 rings (SSSR count). The Morgan fingerprint density at radius 1 is 1.17 bits per heavy atom. The lowest BCUT2D eigenvalue weighted by Crippen LogP contribution is -2.51. The number of nitrogens with zero attached hydrogens (tertiary/aromatic N) is 5. The Morgan fingerprint density at radius 3 is 2.79 bits per heavy atom. The molecule has 1 aliphatic carbocycles. The highest BCUT2D eigenvalue weighted by Crippen LogP contribution is 2.34. The van der Waals surface area contributed by atoms with Crippen molar-refractivity contribution in [2.75, 3.05) is 26.7 Å². The van der Waals surface area contributed by atoms with Crippen LogP contribution in [0.3, 0.4) is 0 Å². The lowest BCUT2D eigenvalue weighted by Gasteiger charge is -2.27. The number of amides is 2. The normalized spacial score (nSPS) is 23.4. The predicted octanol–water partition coefficient (Wildman–Crippen LogP) is 1.98. The third kappa shape index (κ3) is 5.74. The maximum absolute atomic E-state index is 13.9. The summed E-state index contributed by atoms with van der Waals surface area (Å²) in [6, 6.07) is 10.6. The molecule has 1 aromatic carbocycles. The smallest absolute Gasteiger partial charge is 0.243 e. The van der Waals surface area contributed by atoms with Crippen molar-refractivity contribution in [1.82, 2.24) is 35.5 Å². The molecular formula is C31H37N7O4. The van der Waals surface area contributed by atoms with Gasteiger partial charge in [-0.05, 0) is 73.4 Å². The number of methoxy groups -OCH3 is 1. The van der Waals surface area contributed by atoms with Crippen LogP contribution in [0.2, 0.25) is 0 Å². The Balaban J connectivity index is 1.15. The van der Waals surface area contributed by atoms with Crippen LogP contribution in [0.15, 0.2) is 48.2 Å². The van der Waals surface area contributed by atoms with E-state index in [9.17, 15) is 14.7 Å². The molecule has 3 aliphatic rings. The van der Waals surface area contributed by atoms with E-state index in [2.05, 4.69) is 25.9 Å². The van der Waals surface area contributed by atoms with Crippen molar-refractivity contribution in [3.05, 3.63) is 70.7 Å². The number of nitrogens with one attached hydrogen (secondary N) is 2. The van der Waals surface area contributed by atoms with E-state index in [4.69, 9.17) is 4.74 Å². The Bertz CT molecular complexity index is 1480. The summed E-state index contributed by atoms with van der Waals surface area (Å²) in [6.07, 6.45) is 7.12. The number of aromatic hydroxyl groups is 1. The Morgan fingerprint density at radius 2 is 2.00 bits per heavy atom. The topological polar surface area (TPSA) is 134 Å². The van der Waals surface area contributed by atoms with Crippen molar-refractivity contribution in [2.45, 2.75) is 50.1 Å². The minimum absolute atomic E-state index is 0.000929. The first kappa shape index (κ1) is 27.9. The third-order valence-electron chi connectivity index (χ3n) is 8.83. The van der Waals surface area contributed by atoms with Crippen molar-refractivity contribution >= 4 is 17.9 Å². The summed E-state index contributed by atoms with van der Waals surface area (Å²) in [6.45, 7) is 1.49. The first-order chi connectivity index (χ1) is 20.4. The van der Waals surface area contributed by atoms with E-state index in [0.717, 1.165) is 53.1 Å². The number of hydrogen-bond acceptors (Lipinski definition) is 8. The van der Waals surface area contributed by atoms with Gasteiger partial charge < -0.3 is 25.4 Å². The van der Waals surface area contributed by atoms with E-state index in [1.807, 2.05) is 43.5 Å². The molecular weight excluding hydrogens is 534 g/mol. The monoisotopic (exact) mass is 571 g/mol. The fourth-order valence-electron chi connectivity index (χ4n) is 6.54. The number of pyridine rings is 1. The number of benzene rings is 1. The lowest BCUT2D eigenvalue weighted by molar-refractivity contribution is -0.139. The number of ether oxygens (including phenoxy) is 1. The number of fused-ring (bicyclic) bond motifs is 1. The summed E-state index contributed by atoms with van der Waals surface area (Å²) in [7, 11) is 3.53. The predicted molar refractivity (Wildman–Crippen MR) is 156 cm³/mol. The van der Waals surface area contributed by atoms with Crippen LogP contribution < -0.4 is 15.4 Å². The minimum Gasteiger partial charge on any atom is -0.497 e. The molecule has 42 heavy (non-hydrogen) atoms. The van der Waals surface area contributed by atoms with E-state index in [1.54, 1.807) is 29.0 Å². The molecule has 2 aromatic heterocycles. The van der Waals surface area contributed by atoms with Gasteiger partial charge in [0.05, 0.1) is 18.8 Å². The first-order valence-corrected chi connectivity index (χ1v) is 14.6. The molecule has 4 heterocycles. The Kier molecular flexibility index (Phi) is 7.92. The summed E-state index contributed by atoms with van der Waals surface area (Å²) in [5.74, 6) is 0.716. The standard InChI is InChI=1S/C31H37N7O4/c1-37-27-10-7-20(13-25(27)35-36-37)16-34-30(40)28-14-21(12-19-5-8-23(42-2)9-6-19)18-38(28)31(41)26-15-22(17-33-26)24-4-3-11-32-29(24)39/h3-6,8-9,11,13,21-22,26,28,33H,7,10,12,14-18H2,1-2H3,(H,32,39)(H,34,40). The van der Waals surface area contributed by atoms with Crippen LogP contribution in [0, 0.1) is 5.92 Å². The number of aromatic nitrogens is 4. The highest BCUT2D eigenvalue weighted by atomic mass is 16.5. The van der Waals surface area contributed by atoms with E-state index >= 15 is 0 Å². The zero-order valence-electron chi connectivity index (χ0n) is 24.0. The summed E-state index contributed by atoms with van der Waals surface area (Å²) < 4.78 is 7.09. The fourth-order valence-corrected chi connectivity index (χ4v) is 6.54. The second-order valence-corrected chi connectivity index (χ2v) is 11.5. The summed E-state index contributed by atoms with van der Waals surface area (Å²) in [5, 5.41) is 25.0. The van der Waals surface area contributed by atoms with Gasteiger partial charge in [0.25, 0.3) is 0 Å². The molecule has 3 N–H and O–H groups in total. The average molecular weight is 572 g/mol. The van der Waals surface area contributed by atoms with Crippen LogP contribution in [0.1, 0.15) is 47.7 Å². The van der Waals surface area contributed by atoms with Crippen LogP contribution in [0.5, 0.6) is 11.6 Å². The van der Waals surface area contributed by atoms with Gasteiger partial charge in [-0.15, -0.1) is 5.10 Å². The van der Waals surface area contributed by atoms with E-state index in [1.165, 1.54) is 0 Å². The van der Waals surface area contributed by atoms with Gasteiger partial charge in [0.1, 0.15) is 17.5 Å². The molecule has 11 heteroatoms. The molecule has 0 radical (unpaired) electrons. The van der Waals surface area contributed by atoms with Crippen LogP contribution >= 0.6 is 0 Å². The van der Waals surface area contributed by atoms with Gasteiger partial charge in [0.15, 0.2) is 0 Å². The Hall–Kier alpha value is -4.25. The van der Waals surface area contributed by atoms with Gasteiger partial charge in [0, 0.05) is 44.4 Å². The zero-order valence-corrected chi connectivity index (χ0v) is 24.0. The van der Waals surface area contributed by atoms with Gasteiger partial charge in [-0.2, -0.15) is 0 Å². The Labute approximate surface area is 245 Å². The van der Waals surface area contributed by atoms with Crippen LogP contribution in [0.25, 0.3) is 6.08 Å². The van der Waals surface area contributed by atoms with Crippen molar-refractivity contribution in [3.63, 3.8) is 0 Å². The molecule has 0 bridgehead atoms. The molecule has 4 unspecified atom stereocenters. The molecule has 0 spiro atoms. The summed E-state index contributed by atoms with van der Waals surface area (Å²) in [5.41, 5.74) is 4.93. The molecule has 3 aromatic rings. The van der Waals surface area contributed by atoms with Crippen molar-refractivity contribution in [1.29, 1.82) is 0 Å². The quantitative estimate of drug-likeness (QED) is 0.374. The maximum atomic E-state index is 13.9. The zero-order chi connectivity index (χ0) is 29.2. The second kappa shape index (κ2) is 11.9. The number of aryl methyl sites for hydroxylation is 1. The molecule has 11 nitrogen and oxygen atoms in total. The van der Waals surface area contributed by atoms with Crippen molar-refractivity contribution in [2.24, 2.45) is 13.0 Å². The van der Waals surface area contributed by atoms with Gasteiger partial charge in [-0.25, -0.2) is 4.98 Å². The molecule has 0 saturated carbocycles. The fraction of sp³-hybridized carbons (Fsp3) is 0.452. The number of carbonyl (C=O) groups is 2. The van der Waals surface area contributed by atoms with Gasteiger partial charge >= 0.3 is 0 Å². The van der Waals surface area contributed by atoms with Gasteiger partial charge in [-0.3, -0.25) is 14.3 Å². The highest BCUT2D eigenvalue weighted by molar-refractivity contribution is 5.91. The van der Waals surface area contributed by atoms with Gasteiger partial charge in [0.2, 0.25) is 17.7 Å². The average Bonchev–Trinajstić information content (AvgIpc) is 3.75. The SMILES string of the molecule is COc1ccc(CC2CC(C(=O)NCC3=Cc4nnn(C)c4CC3)N(C(=O)C3CC(c4cccnc4O)CN3)C2)cc1. The highest BCUT2D eigenvalue weighted by Gasteiger charge is 2.43. The van der Waals surface area contributed by atoms with Gasteiger partial charge in [-0.1, -0.05) is 23.4 Å². The molecule has 2 amide bonds. The number of hydrogen-bond donors (Lipinski definition) is 3. The van der Waals surface area contributed by atoms with Crippen LogP contribution in [-0.2, 0) is 29.5 Å². The molecule has 220 valence electrons. The summed E-state index contributed by atoms with van der Waals surface area (Å²) >= 11 is 0. The first-order valence-electron chi connectivity index (χ1n) is 14.6. The van der Waals surface area contributed by atoms with E-state index in [-0.39, 0.29) is 29.5 Å². The number of carbonyl (C=O) groups excluding carboxylic acids is 2. The van der Waals surface area contributed by atoms with Crippen LogP contribution in [0.4, 0.5) is 0 Å². The van der Waals surface area contributed by atoms with Crippen molar-refractivity contribution < 1.29 is 19.4 Å². The number of likely N-dealkylation sites (tertiary alicyclic amines) is 1. The molecule has 2 fully saturated rings. The number of rotatable bonds is 8.